The van der Waals surface area contributed by atoms with Crippen molar-refractivity contribution in [1.29, 1.82) is 0 Å². The third kappa shape index (κ3) is 4.40. The number of aliphatic hydroxyl groups is 1. The Kier molecular flexibility index (Phi) is 5.51. The van der Waals surface area contributed by atoms with Gasteiger partial charge in [0.25, 0.3) is 0 Å². The van der Waals surface area contributed by atoms with E-state index < -0.39 is 11.6 Å². The zero-order chi connectivity index (χ0) is 12.8. The minimum absolute atomic E-state index is 0.118. The van der Waals surface area contributed by atoms with Crippen molar-refractivity contribution in [1.82, 2.24) is 4.90 Å². The molecule has 17 heavy (non-hydrogen) atoms. The summed E-state index contributed by atoms with van der Waals surface area (Å²) in [6.07, 6.45) is 0.868. The summed E-state index contributed by atoms with van der Waals surface area (Å²) in [5.74, 6) is -0.643. The standard InChI is InChI=1S/C13H19F2NO/c1-3-10(9-17)7-16(2)8-11-6-12(14)4-5-13(11)15/h4-6,10,17H,3,7-9H2,1-2H3. The van der Waals surface area contributed by atoms with Crippen LogP contribution in [-0.2, 0) is 6.54 Å². The van der Waals surface area contributed by atoms with Crippen molar-refractivity contribution in [2.24, 2.45) is 5.92 Å². The summed E-state index contributed by atoms with van der Waals surface area (Å²) in [6, 6.07) is 3.47. The highest BCUT2D eigenvalue weighted by Crippen LogP contribution is 2.13. The molecule has 1 rings (SSSR count). The Morgan fingerprint density at radius 1 is 1.35 bits per heavy atom. The van der Waals surface area contributed by atoms with Crippen LogP contribution in [-0.4, -0.2) is 30.2 Å². The van der Waals surface area contributed by atoms with Crippen LogP contribution < -0.4 is 0 Å². The summed E-state index contributed by atoms with van der Waals surface area (Å²) in [5, 5.41) is 9.08. The molecule has 0 saturated carbocycles. The molecule has 1 unspecified atom stereocenters. The fourth-order valence-corrected chi connectivity index (χ4v) is 1.78. The van der Waals surface area contributed by atoms with Gasteiger partial charge in [-0.15, -0.1) is 0 Å². The Balaban J connectivity index is 2.61. The van der Waals surface area contributed by atoms with E-state index in [1.807, 2.05) is 18.9 Å². The Hall–Kier alpha value is -1.00. The van der Waals surface area contributed by atoms with Gasteiger partial charge in [-0.2, -0.15) is 0 Å². The molecule has 0 radical (unpaired) electrons. The highest BCUT2D eigenvalue weighted by atomic mass is 19.1. The van der Waals surface area contributed by atoms with Gasteiger partial charge in [-0.3, -0.25) is 0 Å². The highest BCUT2D eigenvalue weighted by molar-refractivity contribution is 5.18. The third-order valence-corrected chi connectivity index (χ3v) is 2.85. The molecular weight excluding hydrogens is 224 g/mol. The van der Waals surface area contributed by atoms with Crippen molar-refractivity contribution in [3.05, 3.63) is 35.4 Å². The fraction of sp³-hybridized carbons (Fsp3) is 0.538. The van der Waals surface area contributed by atoms with Gasteiger partial charge in [-0.25, -0.2) is 8.78 Å². The van der Waals surface area contributed by atoms with E-state index in [0.29, 0.717) is 18.7 Å². The molecule has 0 spiro atoms. The first-order valence-electron chi connectivity index (χ1n) is 5.80. The van der Waals surface area contributed by atoms with Crippen LogP contribution in [0.2, 0.25) is 0 Å². The average molecular weight is 243 g/mol. The van der Waals surface area contributed by atoms with E-state index in [4.69, 9.17) is 5.11 Å². The Bertz CT molecular complexity index is 353. The first kappa shape index (κ1) is 14.1. The van der Waals surface area contributed by atoms with Gasteiger partial charge in [0, 0.05) is 25.3 Å². The van der Waals surface area contributed by atoms with E-state index in [0.717, 1.165) is 18.6 Å². The monoisotopic (exact) mass is 243 g/mol. The number of nitrogens with zero attached hydrogens (tertiary/aromatic N) is 1. The van der Waals surface area contributed by atoms with Crippen LogP contribution in [0.3, 0.4) is 0 Å². The van der Waals surface area contributed by atoms with Crippen LogP contribution >= 0.6 is 0 Å². The van der Waals surface area contributed by atoms with Crippen LogP contribution in [0.15, 0.2) is 18.2 Å². The molecule has 0 aliphatic heterocycles. The maximum Gasteiger partial charge on any atom is 0.127 e. The van der Waals surface area contributed by atoms with E-state index >= 15 is 0 Å². The lowest BCUT2D eigenvalue weighted by atomic mass is 10.1. The van der Waals surface area contributed by atoms with Crippen LogP contribution in [0.1, 0.15) is 18.9 Å². The van der Waals surface area contributed by atoms with E-state index in [9.17, 15) is 8.78 Å². The molecule has 0 aliphatic rings. The molecule has 2 nitrogen and oxygen atoms in total. The molecule has 1 atom stereocenters. The molecule has 1 N–H and O–H groups in total. The normalized spacial score (nSPS) is 13.1. The fourth-order valence-electron chi connectivity index (χ4n) is 1.78. The summed E-state index contributed by atoms with van der Waals surface area (Å²) in [6.45, 7) is 3.13. The van der Waals surface area contributed by atoms with E-state index in [1.54, 1.807) is 0 Å². The molecule has 96 valence electrons. The Labute approximate surface area is 101 Å². The molecule has 0 fully saturated rings. The second-order valence-electron chi connectivity index (χ2n) is 4.39. The first-order valence-corrected chi connectivity index (χ1v) is 5.80. The molecule has 0 heterocycles. The third-order valence-electron chi connectivity index (χ3n) is 2.85. The predicted octanol–water partition coefficient (Wildman–Crippen LogP) is 2.42. The summed E-state index contributed by atoms with van der Waals surface area (Å²) in [4.78, 5) is 1.89. The van der Waals surface area contributed by atoms with E-state index in [2.05, 4.69) is 0 Å². The molecular formula is C13H19F2NO. The molecule has 0 amide bonds. The zero-order valence-corrected chi connectivity index (χ0v) is 10.3. The van der Waals surface area contributed by atoms with Crippen molar-refractivity contribution in [3.8, 4) is 0 Å². The Morgan fingerprint density at radius 3 is 2.65 bits per heavy atom. The van der Waals surface area contributed by atoms with Gasteiger partial charge < -0.3 is 10.0 Å². The van der Waals surface area contributed by atoms with Crippen molar-refractivity contribution >= 4 is 0 Å². The second kappa shape index (κ2) is 6.67. The van der Waals surface area contributed by atoms with Crippen molar-refractivity contribution in [2.75, 3.05) is 20.2 Å². The van der Waals surface area contributed by atoms with Crippen LogP contribution in [0.25, 0.3) is 0 Å². The number of rotatable bonds is 6. The lowest BCUT2D eigenvalue weighted by Gasteiger charge is -2.22. The van der Waals surface area contributed by atoms with Crippen molar-refractivity contribution < 1.29 is 13.9 Å². The van der Waals surface area contributed by atoms with Crippen molar-refractivity contribution in [2.45, 2.75) is 19.9 Å². The number of hydrogen-bond acceptors (Lipinski definition) is 2. The number of benzene rings is 1. The highest BCUT2D eigenvalue weighted by Gasteiger charge is 2.11. The minimum atomic E-state index is -0.427. The lowest BCUT2D eigenvalue weighted by molar-refractivity contribution is 0.172. The maximum atomic E-state index is 13.4. The lowest BCUT2D eigenvalue weighted by Crippen LogP contribution is -2.27. The van der Waals surface area contributed by atoms with Crippen LogP contribution in [0, 0.1) is 17.6 Å². The predicted molar refractivity (Wildman–Crippen MR) is 63.6 cm³/mol. The SMILES string of the molecule is CCC(CO)CN(C)Cc1cc(F)ccc1F. The smallest absolute Gasteiger partial charge is 0.127 e. The van der Waals surface area contributed by atoms with Crippen molar-refractivity contribution in [3.63, 3.8) is 0 Å². The van der Waals surface area contributed by atoms with Gasteiger partial charge in [-0.1, -0.05) is 6.92 Å². The number of hydrogen-bond donors (Lipinski definition) is 1. The molecule has 0 saturated heterocycles. The van der Waals surface area contributed by atoms with Gasteiger partial charge in [0.1, 0.15) is 11.6 Å². The van der Waals surface area contributed by atoms with E-state index in [-0.39, 0.29) is 12.5 Å². The molecule has 0 bridgehead atoms. The molecule has 0 aliphatic carbocycles. The summed E-state index contributed by atoms with van der Waals surface area (Å²) < 4.78 is 26.4. The molecule has 1 aromatic rings. The number of aliphatic hydroxyl groups excluding tert-OH is 1. The van der Waals surface area contributed by atoms with Crippen LogP contribution in [0.5, 0.6) is 0 Å². The second-order valence-corrected chi connectivity index (χ2v) is 4.39. The average Bonchev–Trinajstić information content (AvgIpc) is 2.31. The number of halogens is 2. The summed E-state index contributed by atoms with van der Waals surface area (Å²) in [7, 11) is 1.84. The quantitative estimate of drug-likeness (QED) is 0.829. The zero-order valence-electron chi connectivity index (χ0n) is 10.3. The maximum absolute atomic E-state index is 13.4. The molecule has 1 aromatic carbocycles. The summed E-state index contributed by atoms with van der Waals surface area (Å²) in [5.41, 5.74) is 0.347. The molecule has 0 aromatic heterocycles. The van der Waals surface area contributed by atoms with Gasteiger partial charge in [0.05, 0.1) is 0 Å². The largest absolute Gasteiger partial charge is 0.396 e. The van der Waals surface area contributed by atoms with Crippen LogP contribution in [0.4, 0.5) is 8.78 Å². The van der Waals surface area contributed by atoms with Gasteiger partial charge >= 0.3 is 0 Å². The van der Waals surface area contributed by atoms with Gasteiger partial charge in [0.2, 0.25) is 0 Å². The molecule has 4 heteroatoms. The van der Waals surface area contributed by atoms with Gasteiger partial charge in [0.15, 0.2) is 0 Å². The summed E-state index contributed by atoms with van der Waals surface area (Å²) >= 11 is 0. The minimum Gasteiger partial charge on any atom is -0.396 e. The van der Waals surface area contributed by atoms with Gasteiger partial charge in [-0.05, 0) is 37.6 Å². The topological polar surface area (TPSA) is 23.5 Å². The first-order chi connectivity index (χ1) is 8.06. The van der Waals surface area contributed by atoms with E-state index in [1.165, 1.54) is 6.07 Å². The Morgan fingerprint density at radius 2 is 2.06 bits per heavy atom.